The van der Waals surface area contributed by atoms with Crippen LogP contribution in [-0.4, -0.2) is 27.4 Å². The fourth-order valence-corrected chi connectivity index (χ4v) is 2.09. The van der Waals surface area contributed by atoms with Crippen molar-refractivity contribution in [2.75, 3.05) is 0 Å². The molecule has 0 aromatic heterocycles. The first-order valence-corrected chi connectivity index (χ1v) is 5.35. The van der Waals surface area contributed by atoms with Crippen molar-refractivity contribution in [3.63, 3.8) is 0 Å². The first-order valence-electron chi connectivity index (χ1n) is 4.47. The molecule has 0 spiro atoms. The van der Waals surface area contributed by atoms with Gasteiger partial charge in [-0.3, -0.25) is 9.59 Å². The van der Waals surface area contributed by atoms with Crippen molar-refractivity contribution in [2.45, 2.75) is 31.5 Å². The number of ketones is 2. The first kappa shape index (κ1) is 12.5. The Kier molecular flexibility index (Phi) is 3.17. The molecule has 0 aliphatic heterocycles. The Labute approximate surface area is 98.1 Å². The van der Waals surface area contributed by atoms with E-state index in [0.717, 1.165) is 0 Å². The van der Waals surface area contributed by atoms with Crippen LogP contribution in [0.4, 0.5) is 0 Å². The highest BCUT2D eigenvalue weighted by Crippen LogP contribution is 2.42. The van der Waals surface area contributed by atoms with Gasteiger partial charge in [-0.2, -0.15) is 0 Å². The quantitative estimate of drug-likeness (QED) is 0.574. The molecule has 1 N–H and O–H groups in total. The molecule has 84 valence electrons. The number of allylic oxidation sites excluding steroid dienone is 2. The van der Waals surface area contributed by atoms with E-state index in [0.29, 0.717) is 0 Å². The number of hydrogen-bond donors (Lipinski definition) is 1. The lowest BCUT2D eigenvalue weighted by Gasteiger charge is -2.37. The van der Waals surface area contributed by atoms with Gasteiger partial charge in [0, 0.05) is 5.41 Å². The van der Waals surface area contributed by atoms with Crippen LogP contribution in [0.5, 0.6) is 0 Å². The van der Waals surface area contributed by atoms with Crippen LogP contribution in [0.25, 0.3) is 0 Å². The van der Waals surface area contributed by atoms with E-state index < -0.39 is 27.7 Å². The fourth-order valence-electron chi connectivity index (χ4n) is 1.55. The molecule has 0 aromatic rings. The maximum Gasteiger partial charge on any atom is 0.188 e. The number of hydrogen-bond acceptors (Lipinski definition) is 3. The van der Waals surface area contributed by atoms with Gasteiger partial charge >= 0.3 is 0 Å². The molecule has 0 unspecified atom stereocenters. The summed E-state index contributed by atoms with van der Waals surface area (Å²) in [6.07, 6.45) is 0. The maximum absolute atomic E-state index is 11.7. The number of aliphatic hydroxyl groups excluding tert-OH is 1. The molecule has 0 saturated heterocycles. The molecule has 0 amide bonds. The second kappa shape index (κ2) is 3.80. The predicted molar refractivity (Wildman–Crippen MR) is 58.4 cm³/mol. The summed E-state index contributed by atoms with van der Waals surface area (Å²) in [5, 5.41) is 7.96. The molecule has 2 atom stereocenters. The number of alkyl halides is 2. The minimum atomic E-state index is -0.894. The van der Waals surface area contributed by atoms with Crippen LogP contribution in [0.1, 0.15) is 20.8 Å². The minimum Gasteiger partial charge on any atom is -0.510 e. The first-order chi connectivity index (χ1) is 6.71. The molecule has 0 aromatic carbocycles. The lowest BCUT2D eigenvalue weighted by molar-refractivity contribution is -0.122. The van der Waals surface area contributed by atoms with E-state index in [4.69, 9.17) is 23.2 Å². The van der Waals surface area contributed by atoms with Gasteiger partial charge in [-0.1, -0.05) is 13.8 Å². The normalized spacial score (nSPS) is 30.6. The van der Waals surface area contributed by atoms with Gasteiger partial charge in [0.15, 0.2) is 11.6 Å². The molecule has 0 fully saturated rings. The predicted octanol–water partition coefficient (Wildman–Crippen LogP) is 2.21. The lowest BCUT2D eigenvalue weighted by Crippen LogP contribution is -2.46. The third kappa shape index (κ3) is 1.79. The van der Waals surface area contributed by atoms with Gasteiger partial charge in [0.05, 0.1) is 5.38 Å². The van der Waals surface area contributed by atoms with Gasteiger partial charge in [-0.25, -0.2) is 0 Å². The largest absolute Gasteiger partial charge is 0.510 e. The lowest BCUT2D eigenvalue weighted by atomic mass is 9.75. The molecular weight excluding hydrogens is 239 g/mol. The van der Waals surface area contributed by atoms with E-state index in [-0.39, 0.29) is 11.3 Å². The summed E-state index contributed by atoms with van der Waals surface area (Å²) in [6.45, 7) is 4.55. The third-order valence-corrected chi connectivity index (χ3v) is 4.16. The third-order valence-electron chi connectivity index (χ3n) is 2.63. The van der Waals surface area contributed by atoms with Crippen molar-refractivity contribution in [1.82, 2.24) is 0 Å². The van der Waals surface area contributed by atoms with Crippen LogP contribution in [0.3, 0.4) is 0 Å². The monoisotopic (exact) mass is 250 g/mol. The van der Waals surface area contributed by atoms with Crippen LogP contribution in [0, 0.1) is 5.41 Å². The van der Waals surface area contributed by atoms with Gasteiger partial charge < -0.3 is 5.11 Å². The Bertz CT molecular complexity index is 358. The number of carbonyl (C=O) groups excluding carboxylic acids is 2. The molecule has 15 heavy (non-hydrogen) atoms. The van der Waals surface area contributed by atoms with Crippen LogP contribution < -0.4 is 0 Å². The number of Topliss-reactive ketones (excluding diaryl/α,β-unsaturated/α-hetero) is 2. The topological polar surface area (TPSA) is 54.4 Å². The number of halogens is 2. The zero-order valence-electron chi connectivity index (χ0n) is 8.67. The summed E-state index contributed by atoms with van der Waals surface area (Å²) in [4.78, 5) is 22.9. The van der Waals surface area contributed by atoms with Crippen molar-refractivity contribution < 1.29 is 14.7 Å². The minimum absolute atomic E-state index is 0.269. The van der Waals surface area contributed by atoms with E-state index in [1.54, 1.807) is 13.8 Å². The van der Waals surface area contributed by atoms with Crippen molar-refractivity contribution >= 4 is 34.8 Å². The molecule has 0 radical (unpaired) electrons. The Morgan fingerprint density at radius 1 is 1.33 bits per heavy atom. The summed E-state index contributed by atoms with van der Waals surface area (Å²) in [5.41, 5.74) is -1.04. The summed E-state index contributed by atoms with van der Waals surface area (Å²) >= 11 is 11.9. The highest BCUT2D eigenvalue weighted by molar-refractivity contribution is 6.41. The number of carbonyl (C=O) groups is 2. The Balaban J connectivity index is 3.36. The maximum atomic E-state index is 11.7. The molecule has 1 aliphatic carbocycles. The number of rotatable bonds is 1. The zero-order chi connectivity index (χ0) is 12.0. The van der Waals surface area contributed by atoms with Crippen molar-refractivity contribution in [3.8, 4) is 0 Å². The van der Waals surface area contributed by atoms with E-state index >= 15 is 0 Å². The second-order valence-corrected chi connectivity index (χ2v) is 5.10. The molecule has 0 heterocycles. The van der Waals surface area contributed by atoms with Gasteiger partial charge in [0.1, 0.15) is 16.7 Å². The summed E-state index contributed by atoms with van der Waals surface area (Å²) in [7, 11) is 0. The van der Waals surface area contributed by atoms with Gasteiger partial charge in [-0.05, 0) is 6.92 Å². The van der Waals surface area contributed by atoms with Crippen molar-refractivity contribution in [2.24, 2.45) is 5.41 Å². The molecule has 3 nitrogen and oxygen atoms in total. The molecule has 0 bridgehead atoms. The van der Waals surface area contributed by atoms with E-state index in [1.807, 2.05) is 0 Å². The molecular formula is C10H12Cl2O3. The highest BCUT2D eigenvalue weighted by atomic mass is 35.5. The van der Waals surface area contributed by atoms with E-state index in [1.165, 1.54) is 6.92 Å². The summed E-state index contributed by atoms with van der Waals surface area (Å²) < 4.78 is 0. The van der Waals surface area contributed by atoms with Gasteiger partial charge in [0.2, 0.25) is 0 Å². The smallest absolute Gasteiger partial charge is 0.188 e. The SMILES string of the molecule is CC(=O)C1=C(O)[C@@H](Cl)C(C)(C)[C@H](Cl)C1=O. The average molecular weight is 251 g/mol. The zero-order valence-corrected chi connectivity index (χ0v) is 10.2. The van der Waals surface area contributed by atoms with Crippen molar-refractivity contribution in [1.29, 1.82) is 0 Å². The fraction of sp³-hybridized carbons (Fsp3) is 0.600. The molecule has 1 rings (SSSR count). The summed E-state index contributed by atoms with van der Waals surface area (Å²) in [6, 6.07) is 0. The Hall–Kier alpha value is -0.540. The standard InChI is InChI=1S/C10H12Cl2O3/c1-4(13)5-6(14)8(11)10(2,3)9(12)7(5)15/h8-9,14H,1-3H3/t8-,9-/m1/s1. The average Bonchev–Trinajstić information content (AvgIpc) is 2.12. The summed E-state index contributed by atoms with van der Waals surface area (Å²) in [5.74, 6) is -1.43. The van der Waals surface area contributed by atoms with Gasteiger partial charge in [-0.15, -0.1) is 23.2 Å². The van der Waals surface area contributed by atoms with E-state index in [2.05, 4.69) is 0 Å². The number of aliphatic hydroxyl groups is 1. The van der Waals surface area contributed by atoms with Crippen LogP contribution in [0.2, 0.25) is 0 Å². The Morgan fingerprint density at radius 3 is 2.20 bits per heavy atom. The Morgan fingerprint density at radius 2 is 1.80 bits per heavy atom. The highest BCUT2D eigenvalue weighted by Gasteiger charge is 2.49. The van der Waals surface area contributed by atoms with Crippen LogP contribution >= 0.6 is 23.2 Å². The van der Waals surface area contributed by atoms with Crippen LogP contribution in [-0.2, 0) is 9.59 Å². The van der Waals surface area contributed by atoms with Gasteiger partial charge in [0.25, 0.3) is 0 Å². The second-order valence-electron chi connectivity index (χ2n) is 4.23. The van der Waals surface area contributed by atoms with Crippen LogP contribution in [0.15, 0.2) is 11.3 Å². The van der Waals surface area contributed by atoms with E-state index in [9.17, 15) is 14.7 Å². The van der Waals surface area contributed by atoms with Crippen molar-refractivity contribution in [3.05, 3.63) is 11.3 Å². The molecule has 1 aliphatic rings. The molecule has 5 heteroatoms. The molecule has 0 saturated carbocycles.